The first-order chi connectivity index (χ1) is 13.1. The highest BCUT2D eigenvalue weighted by molar-refractivity contribution is 5.76. The molecule has 0 aromatic heterocycles. The Hall–Kier alpha value is -2.12. The van der Waals surface area contributed by atoms with Crippen molar-refractivity contribution in [2.75, 3.05) is 26.3 Å². The number of piperidine rings is 1. The number of aliphatic carboxylic acids is 1. The van der Waals surface area contributed by atoms with E-state index in [-0.39, 0.29) is 18.7 Å². The molecule has 2 saturated heterocycles. The molecule has 0 spiro atoms. The highest BCUT2D eigenvalue weighted by Crippen LogP contribution is 2.17. The summed E-state index contributed by atoms with van der Waals surface area (Å²) >= 11 is 0. The largest absolute Gasteiger partial charge is 0.481 e. The minimum atomic E-state index is -0.828. The smallest absolute Gasteiger partial charge is 0.317 e. The van der Waals surface area contributed by atoms with Crippen molar-refractivity contribution in [3.05, 3.63) is 35.4 Å². The number of likely N-dealkylation sites (tertiary alicyclic amines) is 1. The number of carbonyl (C=O) groups excluding carboxylic acids is 1. The van der Waals surface area contributed by atoms with Gasteiger partial charge in [-0.15, -0.1) is 0 Å². The number of rotatable bonds is 6. The number of benzene rings is 1. The van der Waals surface area contributed by atoms with Crippen LogP contribution in [0.25, 0.3) is 0 Å². The molecule has 2 aliphatic heterocycles. The fraction of sp³-hybridized carbons (Fsp3) is 0.600. The molecule has 0 saturated carbocycles. The molecule has 1 aromatic carbocycles. The highest BCUT2D eigenvalue weighted by Gasteiger charge is 2.27. The molecular formula is C20H28N2O5. The van der Waals surface area contributed by atoms with Crippen molar-refractivity contribution in [1.29, 1.82) is 0 Å². The number of carbonyl (C=O) groups is 2. The first-order valence-electron chi connectivity index (χ1n) is 9.64. The molecule has 2 fully saturated rings. The Morgan fingerprint density at radius 3 is 2.56 bits per heavy atom. The molecule has 2 N–H and O–H groups in total. The van der Waals surface area contributed by atoms with E-state index in [0.29, 0.717) is 26.1 Å². The van der Waals surface area contributed by atoms with Gasteiger partial charge in [-0.05, 0) is 36.8 Å². The average molecular weight is 376 g/mol. The lowest BCUT2D eigenvalue weighted by atomic mass is 9.99. The van der Waals surface area contributed by atoms with Crippen LogP contribution in [0.1, 0.15) is 36.8 Å². The van der Waals surface area contributed by atoms with Crippen LogP contribution < -0.4 is 5.32 Å². The lowest BCUT2D eigenvalue weighted by Gasteiger charge is -2.30. The van der Waals surface area contributed by atoms with Crippen molar-refractivity contribution >= 4 is 12.0 Å². The number of urea groups is 1. The second kappa shape index (κ2) is 9.71. The summed E-state index contributed by atoms with van der Waals surface area (Å²) in [5.74, 6) is -1.29. The first-order valence-corrected chi connectivity index (χ1v) is 9.64. The van der Waals surface area contributed by atoms with E-state index < -0.39 is 11.9 Å². The number of hydrogen-bond donors (Lipinski definition) is 2. The SMILES string of the molecule is O=C(O)C1CCCN(C(=O)NCc2ccc(COC3CCOCC3)cc2)C1. The van der Waals surface area contributed by atoms with Crippen LogP contribution in [0, 0.1) is 5.92 Å². The second-order valence-corrected chi connectivity index (χ2v) is 7.22. The molecule has 7 nitrogen and oxygen atoms in total. The van der Waals surface area contributed by atoms with Gasteiger partial charge in [-0.1, -0.05) is 24.3 Å². The number of carboxylic acid groups (broad SMARTS) is 1. The van der Waals surface area contributed by atoms with Gasteiger partial charge in [-0.2, -0.15) is 0 Å². The van der Waals surface area contributed by atoms with E-state index in [4.69, 9.17) is 14.6 Å². The maximum Gasteiger partial charge on any atom is 0.317 e. The Morgan fingerprint density at radius 2 is 1.85 bits per heavy atom. The maximum absolute atomic E-state index is 12.3. The van der Waals surface area contributed by atoms with Crippen LogP contribution in [-0.2, 0) is 27.4 Å². The minimum absolute atomic E-state index is 0.201. The highest BCUT2D eigenvalue weighted by atomic mass is 16.5. The van der Waals surface area contributed by atoms with Crippen LogP contribution in [0.5, 0.6) is 0 Å². The molecule has 1 unspecified atom stereocenters. The Morgan fingerprint density at radius 1 is 1.15 bits per heavy atom. The van der Waals surface area contributed by atoms with Crippen LogP contribution in [0.4, 0.5) is 4.79 Å². The lowest BCUT2D eigenvalue weighted by molar-refractivity contribution is -0.143. The molecule has 2 aliphatic rings. The average Bonchev–Trinajstić information content (AvgIpc) is 2.72. The van der Waals surface area contributed by atoms with Crippen molar-refractivity contribution in [1.82, 2.24) is 10.2 Å². The van der Waals surface area contributed by atoms with E-state index in [1.54, 1.807) is 4.90 Å². The Labute approximate surface area is 159 Å². The van der Waals surface area contributed by atoms with Gasteiger partial charge in [0.25, 0.3) is 0 Å². The zero-order chi connectivity index (χ0) is 19.1. The molecule has 0 aliphatic carbocycles. The summed E-state index contributed by atoms with van der Waals surface area (Å²) in [6.45, 7) is 3.44. The van der Waals surface area contributed by atoms with Crippen LogP contribution in [0.2, 0.25) is 0 Å². The maximum atomic E-state index is 12.3. The monoisotopic (exact) mass is 376 g/mol. The van der Waals surface area contributed by atoms with E-state index in [1.165, 1.54) is 0 Å². The molecule has 148 valence electrons. The van der Waals surface area contributed by atoms with Gasteiger partial charge in [0.05, 0.1) is 18.6 Å². The van der Waals surface area contributed by atoms with Crippen molar-refractivity contribution in [3.63, 3.8) is 0 Å². The normalized spacial score (nSPS) is 21.0. The summed E-state index contributed by atoms with van der Waals surface area (Å²) in [7, 11) is 0. The van der Waals surface area contributed by atoms with Gasteiger partial charge in [0.1, 0.15) is 0 Å². The predicted octanol–water partition coefficient (Wildman–Crippen LogP) is 2.39. The van der Waals surface area contributed by atoms with Gasteiger partial charge >= 0.3 is 12.0 Å². The zero-order valence-electron chi connectivity index (χ0n) is 15.6. The Kier molecular flexibility index (Phi) is 7.06. The Bertz CT molecular complexity index is 628. The first kappa shape index (κ1) is 19.6. The third kappa shape index (κ3) is 5.94. The molecule has 2 amide bonds. The van der Waals surface area contributed by atoms with Crippen LogP contribution in [0.15, 0.2) is 24.3 Å². The third-order valence-corrected chi connectivity index (χ3v) is 5.18. The summed E-state index contributed by atoms with van der Waals surface area (Å²) in [6, 6.07) is 7.80. The van der Waals surface area contributed by atoms with Gasteiger partial charge < -0.3 is 24.8 Å². The molecular weight excluding hydrogens is 348 g/mol. The van der Waals surface area contributed by atoms with Crippen LogP contribution in [-0.4, -0.2) is 54.4 Å². The summed E-state index contributed by atoms with van der Waals surface area (Å²) in [6.07, 6.45) is 3.53. The number of ether oxygens (including phenoxy) is 2. The van der Waals surface area contributed by atoms with Gasteiger partial charge in [-0.25, -0.2) is 4.79 Å². The third-order valence-electron chi connectivity index (χ3n) is 5.18. The number of nitrogens with one attached hydrogen (secondary N) is 1. The molecule has 7 heteroatoms. The summed E-state index contributed by atoms with van der Waals surface area (Å²) in [4.78, 5) is 25.0. The standard InChI is InChI=1S/C20H28N2O5/c23-19(24)17-2-1-9-22(13-17)20(25)21-12-15-3-5-16(6-4-15)14-27-18-7-10-26-11-8-18/h3-6,17-18H,1-2,7-14H2,(H,21,25)(H,23,24). The van der Waals surface area contributed by atoms with Gasteiger partial charge in [-0.3, -0.25) is 4.79 Å². The second-order valence-electron chi connectivity index (χ2n) is 7.22. The fourth-order valence-corrected chi connectivity index (χ4v) is 3.46. The van der Waals surface area contributed by atoms with E-state index in [0.717, 1.165) is 43.6 Å². The minimum Gasteiger partial charge on any atom is -0.481 e. The number of amides is 2. The molecule has 0 radical (unpaired) electrons. The van der Waals surface area contributed by atoms with Crippen molar-refractivity contribution in [2.45, 2.75) is 44.9 Å². The zero-order valence-corrected chi connectivity index (χ0v) is 15.6. The van der Waals surface area contributed by atoms with Gasteiger partial charge in [0, 0.05) is 32.8 Å². The summed E-state index contributed by atoms with van der Waals surface area (Å²) in [5, 5.41) is 12.0. The molecule has 1 atom stereocenters. The van der Waals surface area contributed by atoms with Crippen LogP contribution in [0.3, 0.4) is 0 Å². The Balaban J connectivity index is 1.41. The summed E-state index contributed by atoms with van der Waals surface area (Å²) in [5.41, 5.74) is 2.11. The molecule has 3 rings (SSSR count). The van der Waals surface area contributed by atoms with E-state index in [1.807, 2.05) is 24.3 Å². The fourth-order valence-electron chi connectivity index (χ4n) is 3.46. The van der Waals surface area contributed by atoms with E-state index >= 15 is 0 Å². The molecule has 2 heterocycles. The van der Waals surface area contributed by atoms with Crippen molar-refractivity contribution in [2.24, 2.45) is 5.92 Å². The topological polar surface area (TPSA) is 88.1 Å². The van der Waals surface area contributed by atoms with Gasteiger partial charge in [0.15, 0.2) is 0 Å². The van der Waals surface area contributed by atoms with E-state index in [2.05, 4.69) is 5.32 Å². The van der Waals surface area contributed by atoms with Gasteiger partial charge in [0.2, 0.25) is 0 Å². The lowest BCUT2D eigenvalue weighted by Crippen LogP contribution is -2.46. The quantitative estimate of drug-likeness (QED) is 0.796. The van der Waals surface area contributed by atoms with Crippen molar-refractivity contribution < 1.29 is 24.2 Å². The van der Waals surface area contributed by atoms with E-state index in [9.17, 15) is 9.59 Å². The predicted molar refractivity (Wildman–Crippen MR) is 99.2 cm³/mol. The van der Waals surface area contributed by atoms with Crippen LogP contribution >= 0.6 is 0 Å². The molecule has 0 bridgehead atoms. The number of nitrogens with zero attached hydrogens (tertiary/aromatic N) is 1. The van der Waals surface area contributed by atoms with Crippen molar-refractivity contribution in [3.8, 4) is 0 Å². The number of carboxylic acids is 1. The molecule has 1 aromatic rings. The molecule has 27 heavy (non-hydrogen) atoms. The summed E-state index contributed by atoms with van der Waals surface area (Å²) < 4.78 is 11.2. The number of hydrogen-bond acceptors (Lipinski definition) is 4.